The fourth-order valence-electron chi connectivity index (χ4n) is 3.09. The van der Waals surface area contributed by atoms with Crippen LogP contribution >= 0.6 is 0 Å². The molecule has 1 amide bonds. The number of nitrogens with zero attached hydrogens (tertiary/aromatic N) is 4. The van der Waals surface area contributed by atoms with Gasteiger partial charge in [0, 0.05) is 48.7 Å². The van der Waals surface area contributed by atoms with E-state index >= 15 is 0 Å². The Morgan fingerprint density at radius 3 is 2.85 bits per heavy atom. The summed E-state index contributed by atoms with van der Waals surface area (Å²) in [6, 6.07) is 7.79. The van der Waals surface area contributed by atoms with Gasteiger partial charge < -0.3 is 10.1 Å². The zero-order valence-electron chi connectivity index (χ0n) is 15.2. The zero-order chi connectivity index (χ0) is 18.6. The Labute approximate surface area is 157 Å². The maximum Gasteiger partial charge on any atom is 0.239 e. The van der Waals surface area contributed by atoms with Crippen molar-refractivity contribution >= 4 is 22.6 Å². The second-order valence-electron chi connectivity index (χ2n) is 6.65. The molecule has 1 aliphatic heterocycles. The van der Waals surface area contributed by atoms with Gasteiger partial charge in [0.25, 0.3) is 0 Å². The molecule has 0 radical (unpaired) electrons. The number of anilines is 1. The monoisotopic (exact) mass is 363 g/mol. The van der Waals surface area contributed by atoms with Crippen LogP contribution < -0.4 is 5.32 Å². The van der Waals surface area contributed by atoms with Gasteiger partial charge >= 0.3 is 0 Å². The van der Waals surface area contributed by atoms with Crippen molar-refractivity contribution in [1.29, 1.82) is 0 Å². The highest BCUT2D eigenvalue weighted by atomic mass is 16.5. The topological polar surface area (TPSA) is 80.2 Å². The van der Waals surface area contributed by atoms with Crippen molar-refractivity contribution in [3.8, 4) is 11.3 Å². The quantitative estimate of drug-likeness (QED) is 0.766. The van der Waals surface area contributed by atoms with Gasteiger partial charge in [0.15, 0.2) is 0 Å². The fourth-order valence-corrected chi connectivity index (χ4v) is 3.09. The molecule has 0 saturated carbocycles. The molecular formula is C20H21N5O2. The van der Waals surface area contributed by atoms with E-state index in [1.54, 1.807) is 18.5 Å². The summed E-state index contributed by atoms with van der Waals surface area (Å²) in [5.41, 5.74) is 3.67. The standard InChI is InChI=1S/C20H21N5O2/c1-14-8-16(11-21-10-14)17-3-2-15-12-22-19(9-18(15)23-17)24-20(26)13-25-4-6-27-7-5-25/h2-3,8-12H,4-7,13H2,1H3,(H,22,24,26). The van der Waals surface area contributed by atoms with E-state index in [-0.39, 0.29) is 5.91 Å². The van der Waals surface area contributed by atoms with E-state index in [1.807, 2.05) is 31.3 Å². The number of carbonyl (C=O) groups is 1. The van der Waals surface area contributed by atoms with Crippen LogP contribution in [0.1, 0.15) is 5.56 Å². The second-order valence-corrected chi connectivity index (χ2v) is 6.65. The highest BCUT2D eigenvalue weighted by molar-refractivity contribution is 5.93. The van der Waals surface area contributed by atoms with Crippen LogP contribution in [-0.4, -0.2) is 58.6 Å². The molecule has 3 aromatic rings. The Kier molecular flexibility index (Phi) is 5.04. The number of rotatable bonds is 4. The zero-order valence-corrected chi connectivity index (χ0v) is 15.2. The van der Waals surface area contributed by atoms with E-state index in [0.717, 1.165) is 40.8 Å². The molecule has 138 valence electrons. The third-order valence-corrected chi connectivity index (χ3v) is 4.48. The SMILES string of the molecule is Cc1cncc(-c2ccc3cnc(NC(=O)CN4CCOCC4)cc3n2)c1. The first-order valence-electron chi connectivity index (χ1n) is 8.96. The van der Waals surface area contributed by atoms with Crippen molar-refractivity contribution in [2.45, 2.75) is 6.92 Å². The van der Waals surface area contributed by atoms with Crippen LogP contribution in [0.25, 0.3) is 22.2 Å². The summed E-state index contributed by atoms with van der Waals surface area (Å²) in [5, 5.41) is 3.79. The van der Waals surface area contributed by atoms with E-state index in [1.165, 1.54) is 0 Å². The van der Waals surface area contributed by atoms with Crippen LogP contribution in [0.4, 0.5) is 5.82 Å². The minimum atomic E-state index is -0.0808. The van der Waals surface area contributed by atoms with Crippen LogP contribution in [-0.2, 0) is 9.53 Å². The number of hydrogen-bond acceptors (Lipinski definition) is 6. The lowest BCUT2D eigenvalue weighted by Crippen LogP contribution is -2.41. The van der Waals surface area contributed by atoms with Crippen LogP contribution in [0.5, 0.6) is 0 Å². The summed E-state index contributed by atoms with van der Waals surface area (Å²) in [5.74, 6) is 0.426. The number of nitrogens with one attached hydrogen (secondary N) is 1. The Hall–Kier alpha value is -2.90. The van der Waals surface area contributed by atoms with E-state index in [4.69, 9.17) is 9.72 Å². The minimum absolute atomic E-state index is 0.0808. The lowest BCUT2D eigenvalue weighted by atomic mass is 10.1. The fraction of sp³-hybridized carbons (Fsp3) is 0.300. The number of aromatic nitrogens is 3. The molecule has 0 atom stereocenters. The highest BCUT2D eigenvalue weighted by Crippen LogP contribution is 2.22. The average molecular weight is 363 g/mol. The molecule has 0 aromatic carbocycles. The molecule has 27 heavy (non-hydrogen) atoms. The van der Waals surface area contributed by atoms with Crippen LogP contribution in [0.2, 0.25) is 0 Å². The van der Waals surface area contributed by atoms with Crippen molar-refractivity contribution in [2.24, 2.45) is 0 Å². The van der Waals surface area contributed by atoms with Crippen molar-refractivity contribution in [2.75, 3.05) is 38.2 Å². The molecule has 0 unspecified atom stereocenters. The molecule has 0 aliphatic carbocycles. The number of aryl methyl sites for hydroxylation is 1. The normalized spacial score (nSPS) is 15.0. The summed E-state index contributed by atoms with van der Waals surface area (Å²) in [6.45, 7) is 5.22. The Morgan fingerprint density at radius 1 is 1.19 bits per heavy atom. The van der Waals surface area contributed by atoms with Crippen molar-refractivity contribution < 1.29 is 9.53 Å². The molecule has 3 aromatic heterocycles. The molecule has 4 heterocycles. The van der Waals surface area contributed by atoms with E-state index in [9.17, 15) is 4.79 Å². The maximum atomic E-state index is 12.3. The Bertz CT molecular complexity index is 969. The number of amides is 1. The first-order valence-corrected chi connectivity index (χ1v) is 8.96. The molecule has 1 N–H and O–H groups in total. The smallest absolute Gasteiger partial charge is 0.239 e. The minimum Gasteiger partial charge on any atom is -0.379 e. The van der Waals surface area contributed by atoms with E-state index < -0.39 is 0 Å². The summed E-state index contributed by atoms with van der Waals surface area (Å²) >= 11 is 0. The van der Waals surface area contributed by atoms with Crippen LogP contribution in [0.15, 0.2) is 42.9 Å². The third kappa shape index (κ3) is 4.27. The van der Waals surface area contributed by atoms with Crippen molar-refractivity contribution in [3.05, 3.63) is 48.4 Å². The highest BCUT2D eigenvalue weighted by Gasteiger charge is 2.14. The van der Waals surface area contributed by atoms with E-state index in [0.29, 0.717) is 25.6 Å². The molecular weight excluding hydrogens is 342 g/mol. The summed E-state index contributed by atoms with van der Waals surface area (Å²) in [4.78, 5) is 27.6. The number of fused-ring (bicyclic) bond motifs is 1. The van der Waals surface area contributed by atoms with Gasteiger partial charge in [0.05, 0.1) is 31.0 Å². The first kappa shape index (κ1) is 17.5. The molecule has 1 saturated heterocycles. The molecule has 7 heteroatoms. The van der Waals surface area contributed by atoms with Crippen molar-refractivity contribution in [1.82, 2.24) is 19.9 Å². The molecule has 0 spiro atoms. The molecule has 7 nitrogen and oxygen atoms in total. The predicted molar refractivity (Wildman–Crippen MR) is 103 cm³/mol. The van der Waals surface area contributed by atoms with Crippen LogP contribution in [0.3, 0.4) is 0 Å². The number of ether oxygens (including phenoxy) is 1. The van der Waals surface area contributed by atoms with Gasteiger partial charge in [-0.3, -0.25) is 14.7 Å². The lowest BCUT2D eigenvalue weighted by Gasteiger charge is -2.25. The largest absolute Gasteiger partial charge is 0.379 e. The van der Waals surface area contributed by atoms with Gasteiger partial charge in [-0.15, -0.1) is 0 Å². The van der Waals surface area contributed by atoms with Gasteiger partial charge in [0.2, 0.25) is 5.91 Å². The lowest BCUT2D eigenvalue weighted by molar-refractivity contribution is -0.118. The van der Waals surface area contributed by atoms with Crippen molar-refractivity contribution in [3.63, 3.8) is 0 Å². The average Bonchev–Trinajstić information content (AvgIpc) is 2.68. The maximum absolute atomic E-state index is 12.3. The number of pyridine rings is 3. The summed E-state index contributed by atoms with van der Waals surface area (Å²) in [6.07, 6.45) is 5.34. The predicted octanol–water partition coefficient (Wildman–Crippen LogP) is 2.27. The second kappa shape index (κ2) is 7.77. The summed E-state index contributed by atoms with van der Waals surface area (Å²) < 4.78 is 5.30. The van der Waals surface area contributed by atoms with Crippen LogP contribution in [0, 0.1) is 6.92 Å². The molecule has 1 fully saturated rings. The van der Waals surface area contributed by atoms with Gasteiger partial charge in [-0.1, -0.05) is 0 Å². The van der Waals surface area contributed by atoms with Gasteiger partial charge in [-0.05, 0) is 30.7 Å². The van der Waals surface area contributed by atoms with E-state index in [2.05, 4.69) is 20.2 Å². The number of hydrogen-bond donors (Lipinski definition) is 1. The molecule has 4 rings (SSSR count). The van der Waals surface area contributed by atoms with Gasteiger partial charge in [-0.25, -0.2) is 9.97 Å². The summed E-state index contributed by atoms with van der Waals surface area (Å²) in [7, 11) is 0. The van der Waals surface area contributed by atoms with Gasteiger partial charge in [-0.2, -0.15) is 0 Å². The first-order chi connectivity index (χ1) is 13.2. The molecule has 1 aliphatic rings. The number of morpholine rings is 1. The Morgan fingerprint density at radius 2 is 2.04 bits per heavy atom. The molecule has 0 bridgehead atoms. The number of carbonyl (C=O) groups excluding carboxylic acids is 1. The van der Waals surface area contributed by atoms with Gasteiger partial charge in [0.1, 0.15) is 5.82 Å². The third-order valence-electron chi connectivity index (χ3n) is 4.48. The Balaban J connectivity index is 1.53.